The van der Waals surface area contributed by atoms with Crippen LogP contribution in [0.15, 0.2) is 56.6 Å². The molecule has 0 aromatic rings. The van der Waals surface area contributed by atoms with Gasteiger partial charge in [-0.3, -0.25) is 0 Å². The van der Waals surface area contributed by atoms with E-state index < -0.39 is 15.3 Å². The molecule has 22 heteroatoms. The zero-order valence-electron chi connectivity index (χ0n) is 14.2. The molecule has 0 bridgehead atoms. The normalized spacial score (nSPS) is 10.7. The summed E-state index contributed by atoms with van der Waals surface area (Å²) in [7, 11) is 1.95. The molecule has 0 aromatic heterocycles. The first-order chi connectivity index (χ1) is 11.1. The van der Waals surface area contributed by atoms with Crippen molar-refractivity contribution in [2.45, 2.75) is 0 Å². The van der Waals surface area contributed by atoms with Crippen LogP contribution in [0.3, 0.4) is 0 Å². The summed E-state index contributed by atoms with van der Waals surface area (Å²) in [5.41, 5.74) is 0.929. The summed E-state index contributed by atoms with van der Waals surface area (Å²) in [4.78, 5) is 26.7. The van der Waals surface area contributed by atoms with E-state index in [1.165, 1.54) is 0 Å². The molecular formula is C7H19N8O13Tb+4. The Kier molecular flexibility index (Phi) is 42.1. The van der Waals surface area contributed by atoms with Crippen LogP contribution in [0.25, 0.3) is 0 Å². The van der Waals surface area contributed by atoms with Crippen molar-refractivity contribution >= 4 is 0 Å². The summed E-state index contributed by atoms with van der Waals surface area (Å²) in [6.45, 7) is 0. The summed E-state index contributed by atoms with van der Waals surface area (Å²) in [5.74, 6) is 0.565. The summed E-state index contributed by atoms with van der Waals surface area (Å²) in [6, 6.07) is 0. The van der Waals surface area contributed by atoms with Gasteiger partial charge >= 0.3 is 38.6 Å². The van der Waals surface area contributed by atoms with Crippen molar-refractivity contribution < 1.29 is 75.8 Å². The van der Waals surface area contributed by atoms with Crippen LogP contribution in [0.5, 0.6) is 0 Å². The molecule has 170 valence electrons. The van der Waals surface area contributed by atoms with E-state index in [9.17, 15) is 0 Å². The van der Waals surface area contributed by atoms with Gasteiger partial charge in [-0.15, -0.1) is 10.2 Å². The first-order valence-electron chi connectivity index (χ1n) is 5.15. The van der Waals surface area contributed by atoms with E-state index in [1.54, 1.807) is 0 Å². The molecule has 0 radical (unpaired) electrons. The van der Waals surface area contributed by atoms with E-state index in [0.717, 1.165) is 5.57 Å². The number of nitrogens with zero attached hydrogens (tertiary/aromatic N) is 8. The third kappa shape index (κ3) is 40.8. The Morgan fingerprint density at radius 3 is 1.21 bits per heavy atom. The van der Waals surface area contributed by atoms with Gasteiger partial charge in [-0.05, 0) is 22.6 Å². The van der Waals surface area contributed by atoms with Gasteiger partial charge in [0.15, 0.2) is 0 Å². The van der Waals surface area contributed by atoms with Crippen LogP contribution < -0.4 is 0 Å². The minimum Gasteiger partial charge on any atom is -0.457 e. The first-order valence-corrected chi connectivity index (χ1v) is 5.15. The number of rotatable bonds is 0. The van der Waals surface area contributed by atoms with E-state index in [2.05, 4.69) is 20.7 Å². The molecule has 0 atom stereocenters. The summed E-state index contributed by atoms with van der Waals surface area (Å²) >= 11 is 0. The van der Waals surface area contributed by atoms with Crippen molar-refractivity contribution in [3.63, 3.8) is 0 Å². The van der Waals surface area contributed by atoms with Crippen molar-refractivity contribution in [3.8, 4) is 0 Å². The van der Waals surface area contributed by atoms with Gasteiger partial charge in [0.05, 0.1) is 15.3 Å². The van der Waals surface area contributed by atoms with E-state index >= 15 is 0 Å². The van der Waals surface area contributed by atoms with Gasteiger partial charge in [0.1, 0.15) is 0 Å². The average Bonchev–Trinajstić information content (AvgIpc) is 2.91. The molecule has 0 spiro atoms. The molecule has 0 aliphatic carbocycles. The maximum absolute atomic E-state index is 8.25. The molecule has 2 heterocycles. The van der Waals surface area contributed by atoms with Crippen molar-refractivity contribution in [3.05, 3.63) is 81.9 Å². The molecular weight excluding hydrogens is 563 g/mol. The minimum absolute atomic E-state index is 0. The Bertz CT molecular complexity index is 535. The predicted molar refractivity (Wildman–Crippen MR) is 93.4 cm³/mol. The van der Waals surface area contributed by atoms with E-state index in [1.807, 2.05) is 36.5 Å². The fraction of sp³-hybridized carbons (Fsp3) is 0.143. The van der Waals surface area contributed by atoms with Crippen LogP contribution in [-0.2, 0) is 21.9 Å². The fourth-order valence-electron chi connectivity index (χ4n) is 0.910. The van der Waals surface area contributed by atoms with Crippen molar-refractivity contribution in [1.82, 2.24) is 4.90 Å². The van der Waals surface area contributed by atoms with Gasteiger partial charge < -0.3 is 72.8 Å². The Morgan fingerprint density at radius 2 is 0.966 bits per heavy atom. The van der Waals surface area contributed by atoms with Gasteiger partial charge in [-0.1, -0.05) is 0 Å². The molecule has 2 aliphatic heterocycles. The number of hydrogen-bond acceptors (Lipinski definition) is 14. The molecule has 29 heavy (non-hydrogen) atoms. The van der Waals surface area contributed by atoms with Crippen LogP contribution in [-0.4, -0.2) is 27.2 Å². The molecule has 0 unspecified atom stereocenters. The monoisotopic (exact) mass is 582 g/mol. The van der Waals surface area contributed by atoms with Crippen LogP contribution in [0.4, 0.5) is 0 Å². The van der Waals surface area contributed by atoms with Crippen molar-refractivity contribution in [1.29, 1.82) is 0 Å². The standard InChI is InChI=1S/C7H7N5.3NO3.4H2O.Tb/c1-12-4-2-6(3-5-12)7-8-10-11-9-7;3*2-1(3)4;;;;;/h2-5H,1H3;;;;4*1H2;/q;3*-1;;;;;+3/p+4. The second-order valence-corrected chi connectivity index (χ2v) is 3.13. The largest absolute Gasteiger partial charge is 3.00 e. The summed E-state index contributed by atoms with van der Waals surface area (Å²) < 4.78 is 0. The van der Waals surface area contributed by atoms with Crippen molar-refractivity contribution in [2.24, 2.45) is 20.7 Å². The first kappa shape index (κ1) is 45.0. The van der Waals surface area contributed by atoms with Crippen LogP contribution in [0.2, 0.25) is 0 Å². The summed E-state index contributed by atoms with van der Waals surface area (Å²) in [6.07, 6.45) is 7.68. The van der Waals surface area contributed by atoms with E-state index in [-0.39, 0.29) is 60.5 Å². The van der Waals surface area contributed by atoms with Gasteiger partial charge in [-0.25, -0.2) is 0 Å². The smallest absolute Gasteiger partial charge is 0.457 e. The molecule has 2 rings (SSSR count). The molecule has 0 fully saturated rings. The van der Waals surface area contributed by atoms with Gasteiger partial charge in [0, 0.05) is 25.0 Å². The predicted octanol–water partition coefficient (Wildman–Crippen LogP) is -2.40. The zero-order valence-corrected chi connectivity index (χ0v) is 16.3. The van der Waals surface area contributed by atoms with Gasteiger partial charge in [-0.2, -0.15) is 0 Å². The van der Waals surface area contributed by atoms with Crippen LogP contribution >= 0.6 is 0 Å². The molecule has 12 N–H and O–H groups in total. The fourth-order valence-corrected chi connectivity index (χ4v) is 0.910. The second kappa shape index (κ2) is 27.2. The molecule has 0 aromatic carbocycles. The maximum Gasteiger partial charge on any atom is 3.00 e. The van der Waals surface area contributed by atoms with Gasteiger partial charge in [0.25, 0.3) is 0 Å². The summed E-state index contributed by atoms with van der Waals surface area (Å²) in [5, 5.41) is 58.5. The van der Waals surface area contributed by atoms with Crippen LogP contribution in [0, 0.1) is 84.6 Å². The average molecular weight is 582 g/mol. The van der Waals surface area contributed by atoms with E-state index in [0.29, 0.717) is 5.82 Å². The van der Waals surface area contributed by atoms with Crippen molar-refractivity contribution in [2.75, 3.05) is 7.05 Å². The van der Waals surface area contributed by atoms with E-state index in [4.69, 9.17) is 46.0 Å². The Morgan fingerprint density at radius 1 is 0.724 bits per heavy atom. The second-order valence-electron chi connectivity index (χ2n) is 3.13. The minimum atomic E-state index is -1.75. The Labute approximate surface area is 190 Å². The third-order valence-corrected chi connectivity index (χ3v) is 1.56. The molecule has 2 aliphatic rings. The quantitative estimate of drug-likeness (QED) is 0.165. The molecule has 0 saturated heterocycles. The molecule has 21 nitrogen and oxygen atoms in total. The zero-order chi connectivity index (χ0) is 19.1. The Balaban J connectivity index is -0.0000000495. The molecule has 0 amide bonds. The number of hydrogen-bond donors (Lipinski definition) is 0. The van der Waals surface area contributed by atoms with Crippen LogP contribution in [0.1, 0.15) is 0 Å². The Hall–Kier alpha value is -3.05. The maximum atomic E-state index is 8.25. The molecule has 0 saturated carbocycles. The number of allylic oxidation sites excluding steroid dienone is 3. The van der Waals surface area contributed by atoms with Gasteiger partial charge in [0.2, 0.25) is 5.82 Å². The third-order valence-electron chi connectivity index (χ3n) is 1.56. The topological polar surface area (TPSA) is 383 Å². The SMILES string of the molecule is CN1C=CC(=C2N=NN=N2)C=C1.O=[N+]([O-])[O-].O=[N+]([O-])[O-].O=[N+]([O-])[O-].[OH3+].[OH3+].[OH3+].[OH3+].[Tb+3].